The summed E-state index contributed by atoms with van der Waals surface area (Å²) in [5.74, 6) is 1.79. The van der Waals surface area contributed by atoms with E-state index in [9.17, 15) is 4.79 Å². The molecule has 1 amide bonds. The maximum atomic E-state index is 13.5. The quantitative estimate of drug-likeness (QED) is 0.461. The van der Waals surface area contributed by atoms with Gasteiger partial charge in [0.25, 0.3) is 5.91 Å². The number of carbonyl (C=O) groups excluding carboxylic acids is 1. The van der Waals surface area contributed by atoms with E-state index in [-0.39, 0.29) is 5.91 Å². The van der Waals surface area contributed by atoms with Gasteiger partial charge in [0, 0.05) is 31.1 Å². The number of benzene rings is 2. The molecule has 0 N–H and O–H groups in total. The molecular weight excluding hydrogens is 424 g/mol. The van der Waals surface area contributed by atoms with Gasteiger partial charge in [-0.05, 0) is 96.8 Å². The SMILES string of the molecule is Cc1cccc(C(=O)N2CC(c3ccsc3)[C@H](CN3CCC(c4ccccc4)CC3)C2)c1C. The Kier molecular flexibility index (Phi) is 6.66. The van der Waals surface area contributed by atoms with Gasteiger partial charge in [-0.15, -0.1) is 0 Å². The second-order valence-corrected chi connectivity index (χ2v) is 10.6. The van der Waals surface area contributed by atoms with Crippen molar-refractivity contribution >= 4 is 17.2 Å². The topological polar surface area (TPSA) is 23.6 Å². The summed E-state index contributed by atoms with van der Waals surface area (Å²) in [6.45, 7) is 9.22. The number of hydrogen-bond donors (Lipinski definition) is 0. The number of carbonyl (C=O) groups is 1. The van der Waals surface area contributed by atoms with Crippen molar-refractivity contribution in [3.8, 4) is 0 Å². The van der Waals surface area contributed by atoms with E-state index in [1.165, 1.54) is 29.5 Å². The van der Waals surface area contributed by atoms with Crippen molar-refractivity contribution in [2.24, 2.45) is 5.92 Å². The van der Waals surface area contributed by atoms with Gasteiger partial charge in [0.2, 0.25) is 0 Å². The van der Waals surface area contributed by atoms with E-state index in [1.54, 1.807) is 11.3 Å². The Balaban J connectivity index is 1.28. The first-order chi connectivity index (χ1) is 16.1. The molecule has 172 valence electrons. The van der Waals surface area contributed by atoms with Crippen LogP contribution in [0.4, 0.5) is 0 Å². The van der Waals surface area contributed by atoms with E-state index >= 15 is 0 Å². The van der Waals surface area contributed by atoms with E-state index in [0.29, 0.717) is 17.8 Å². The van der Waals surface area contributed by atoms with Crippen LogP contribution in [0.2, 0.25) is 0 Å². The summed E-state index contributed by atoms with van der Waals surface area (Å²) in [7, 11) is 0. The van der Waals surface area contributed by atoms with Crippen LogP contribution < -0.4 is 0 Å². The standard InChI is InChI=1S/C29H34N2OS/c1-21-7-6-10-27(22(21)2)29(32)31-18-26(28(19-31)25-13-16-33-20-25)17-30-14-11-24(12-15-30)23-8-4-3-5-9-23/h3-10,13,16,20,24,26,28H,11-12,14-15,17-19H2,1-2H3/t26-,28?/m1/s1. The van der Waals surface area contributed by atoms with Gasteiger partial charge in [-0.25, -0.2) is 0 Å². The maximum absolute atomic E-state index is 13.5. The van der Waals surface area contributed by atoms with Crippen LogP contribution in [-0.2, 0) is 0 Å². The Labute approximate surface area is 202 Å². The van der Waals surface area contributed by atoms with Gasteiger partial charge in [0.1, 0.15) is 0 Å². The van der Waals surface area contributed by atoms with Crippen molar-refractivity contribution in [1.82, 2.24) is 9.80 Å². The number of nitrogens with zero attached hydrogens (tertiary/aromatic N) is 2. The van der Waals surface area contributed by atoms with Crippen molar-refractivity contribution < 1.29 is 4.79 Å². The fraction of sp³-hybridized carbons (Fsp3) is 0.414. The van der Waals surface area contributed by atoms with Gasteiger partial charge >= 0.3 is 0 Å². The lowest BCUT2D eigenvalue weighted by Crippen LogP contribution is -2.38. The van der Waals surface area contributed by atoms with E-state index in [1.807, 2.05) is 12.1 Å². The van der Waals surface area contributed by atoms with Crippen molar-refractivity contribution in [2.75, 3.05) is 32.7 Å². The lowest BCUT2D eigenvalue weighted by molar-refractivity contribution is 0.0780. The van der Waals surface area contributed by atoms with Crippen molar-refractivity contribution in [2.45, 2.75) is 38.5 Å². The lowest BCUT2D eigenvalue weighted by atomic mass is 9.87. The summed E-state index contributed by atoms with van der Waals surface area (Å²) in [6.07, 6.45) is 2.45. The molecular formula is C29H34N2OS. The number of aryl methyl sites for hydroxylation is 1. The van der Waals surface area contributed by atoms with E-state index in [2.05, 4.69) is 76.9 Å². The van der Waals surface area contributed by atoms with Gasteiger partial charge in [0.15, 0.2) is 0 Å². The molecule has 0 spiro atoms. The summed E-state index contributed by atoms with van der Waals surface area (Å²) in [5, 5.41) is 4.46. The summed E-state index contributed by atoms with van der Waals surface area (Å²) in [5.41, 5.74) is 6.05. The third kappa shape index (κ3) is 4.78. The molecule has 2 aliphatic rings. The number of piperidine rings is 1. The molecule has 2 saturated heterocycles. The molecule has 4 heteroatoms. The molecule has 1 unspecified atom stereocenters. The molecule has 33 heavy (non-hydrogen) atoms. The Morgan fingerprint density at radius 2 is 1.73 bits per heavy atom. The Morgan fingerprint density at radius 1 is 0.939 bits per heavy atom. The molecule has 5 rings (SSSR count). The molecule has 2 aromatic carbocycles. The van der Waals surface area contributed by atoms with Crippen LogP contribution in [0.1, 0.15) is 57.3 Å². The Morgan fingerprint density at radius 3 is 2.45 bits per heavy atom. The normalized spacial score (nSPS) is 22.1. The molecule has 0 saturated carbocycles. The van der Waals surface area contributed by atoms with Crippen LogP contribution in [-0.4, -0.2) is 48.4 Å². The van der Waals surface area contributed by atoms with Crippen LogP contribution in [0, 0.1) is 19.8 Å². The zero-order valence-corrected chi connectivity index (χ0v) is 20.6. The van der Waals surface area contributed by atoms with Crippen molar-refractivity contribution in [1.29, 1.82) is 0 Å². The highest BCUT2D eigenvalue weighted by Crippen LogP contribution is 2.37. The van der Waals surface area contributed by atoms with Crippen LogP contribution in [0.25, 0.3) is 0 Å². The van der Waals surface area contributed by atoms with Gasteiger partial charge < -0.3 is 9.80 Å². The fourth-order valence-corrected chi connectivity index (χ4v) is 6.47. The molecule has 1 aromatic heterocycles. The average molecular weight is 459 g/mol. The molecule has 0 radical (unpaired) electrons. The van der Waals surface area contributed by atoms with Gasteiger partial charge in [-0.2, -0.15) is 11.3 Å². The highest BCUT2D eigenvalue weighted by Gasteiger charge is 2.38. The monoisotopic (exact) mass is 458 g/mol. The zero-order chi connectivity index (χ0) is 22.8. The summed E-state index contributed by atoms with van der Waals surface area (Å²) >= 11 is 1.77. The Hall–Kier alpha value is -2.43. The number of likely N-dealkylation sites (tertiary alicyclic amines) is 2. The highest BCUT2D eigenvalue weighted by atomic mass is 32.1. The Bertz CT molecular complexity index is 1070. The number of rotatable bonds is 5. The van der Waals surface area contributed by atoms with E-state index in [4.69, 9.17) is 0 Å². The third-order valence-electron chi connectivity index (χ3n) is 7.89. The summed E-state index contributed by atoms with van der Waals surface area (Å²) in [4.78, 5) is 18.3. The second-order valence-electron chi connectivity index (χ2n) is 9.87. The van der Waals surface area contributed by atoms with Crippen LogP contribution >= 0.6 is 11.3 Å². The van der Waals surface area contributed by atoms with E-state index in [0.717, 1.165) is 43.9 Å². The number of hydrogen-bond acceptors (Lipinski definition) is 3. The minimum Gasteiger partial charge on any atom is -0.338 e. The fourth-order valence-electron chi connectivity index (χ4n) is 5.74. The second kappa shape index (κ2) is 9.82. The predicted octanol–water partition coefficient (Wildman–Crippen LogP) is 6.10. The lowest BCUT2D eigenvalue weighted by Gasteiger charge is -2.34. The molecule has 2 atom stereocenters. The van der Waals surface area contributed by atoms with Gasteiger partial charge in [0.05, 0.1) is 0 Å². The smallest absolute Gasteiger partial charge is 0.254 e. The molecule has 0 bridgehead atoms. The van der Waals surface area contributed by atoms with Crippen LogP contribution in [0.3, 0.4) is 0 Å². The molecule has 2 aliphatic heterocycles. The summed E-state index contributed by atoms with van der Waals surface area (Å²) in [6, 6.07) is 19.3. The molecule has 3 aromatic rings. The largest absolute Gasteiger partial charge is 0.338 e. The molecule has 3 heterocycles. The zero-order valence-electron chi connectivity index (χ0n) is 19.7. The average Bonchev–Trinajstić information content (AvgIpc) is 3.52. The van der Waals surface area contributed by atoms with Crippen LogP contribution in [0.5, 0.6) is 0 Å². The minimum absolute atomic E-state index is 0.196. The minimum atomic E-state index is 0.196. The molecule has 2 fully saturated rings. The first kappa shape index (κ1) is 22.4. The third-order valence-corrected chi connectivity index (χ3v) is 8.59. The van der Waals surface area contributed by atoms with Gasteiger partial charge in [-0.1, -0.05) is 42.5 Å². The van der Waals surface area contributed by atoms with Gasteiger partial charge in [-0.3, -0.25) is 4.79 Å². The first-order valence-electron chi connectivity index (χ1n) is 12.2. The number of amides is 1. The van der Waals surface area contributed by atoms with Crippen LogP contribution in [0.15, 0.2) is 65.4 Å². The molecule has 0 aliphatic carbocycles. The van der Waals surface area contributed by atoms with Crippen molar-refractivity contribution in [3.05, 3.63) is 93.2 Å². The number of thiophene rings is 1. The maximum Gasteiger partial charge on any atom is 0.254 e. The molecule has 3 nitrogen and oxygen atoms in total. The summed E-state index contributed by atoms with van der Waals surface area (Å²) < 4.78 is 0. The predicted molar refractivity (Wildman–Crippen MR) is 137 cm³/mol. The highest BCUT2D eigenvalue weighted by molar-refractivity contribution is 7.08. The van der Waals surface area contributed by atoms with E-state index < -0.39 is 0 Å². The van der Waals surface area contributed by atoms with Crippen molar-refractivity contribution in [3.63, 3.8) is 0 Å². The first-order valence-corrected chi connectivity index (χ1v) is 13.2.